The highest BCUT2D eigenvalue weighted by molar-refractivity contribution is 4.35. The topological polar surface area (TPSA) is 60.7 Å². The van der Waals surface area contributed by atoms with Gasteiger partial charge in [0.1, 0.15) is 0 Å². The summed E-state index contributed by atoms with van der Waals surface area (Å²) in [5, 5.41) is 24.6. The van der Waals surface area contributed by atoms with Gasteiger partial charge in [0.25, 0.3) is 0 Å². The molecule has 0 aliphatic heterocycles. The average molecular weight is 264 g/mol. The van der Waals surface area contributed by atoms with Crippen molar-refractivity contribution >= 4 is 0 Å². The van der Waals surface area contributed by atoms with Gasteiger partial charge in [0.15, 0.2) is 0 Å². The molecule has 0 aliphatic carbocycles. The Morgan fingerprint density at radius 1 is 0.444 bits per heavy atom. The highest BCUT2D eigenvalue weighted by atomic mass is 16.3. The predicted molar refractivity (Wildman–Crippen MR) is 79.8 cm³/mol. The van der Waals surface area contributed by atoms with Crippen LogP contribution in [0.2, 0.25) is 0 Å². The second-order valence-corrected chi connectivity index (χ2v) is 4.29. The van der Waals surface area contributed by atoms with E-state index in [-0.39, 0.29) is 0 Å². The first-order valence-electron chi connectivity index (χ1n) is 7.57. The lowest BCUT2D eigenvalue weighted by atomic mass is 10.2. The highest BCUT2D eigenvalue weighted by Crippen LogP contribution is 1.96. The van der Waals surface area contributed by atoms with Crippen molar-refractivity contribution in [1.29, 1.82) is 0 Å². The second kappa shape index (κ2) is 30.2. The van der Waals surface area contributed by atoms with Gasteiger partial charge in [-0.05, 0) is 19.3 Å². The molecule has 0 aromatic carbocycles. The van der Waals surface area contributed by atoms with Crippen LogP contribution >= 0.6 is 0 Å². The van der Waals surface area contributed by atoms with E-state index in [0.29, 0.717) is 19.8 Å². The fourth-order valence-electron chi connectivity index (χ4n) is 1.06. The molecule has 0 radical (unpaired) electrons. The van der Waals surface area contributed by atoms with Gasteiger partial charge >= 0.3 is 0 Å². The van der Waals surface area contributed by atoms with Crippen LogP contribution in [0.1, 0.15) is 78.6 Å². The molecular formula is C15H36O3. The van der Waals surface area contributed by atoms with Gasteiger partial charge in [-0.3, -0.25) is 0 Å². The molecular weight excluding hydrogens is 228 g/mol. The van der Waals surface area contributed by atoms with Gasteiger partial charge in [-0.2, -0.15) is 0 Å². The summed E-state index contributed by atoms with van der Waals surface area (Å²) < 4.78 is 0. The first kappa shape index (κ1) is 23.0. The standard InChI is InChI=1S/C6H14O.C5H12O.C4H10O/c1-2-3-4-5-6-7;1-2-3-4-5-6;1-2-3-4-5/h7H,2-6H2,1H3;6H,2-5H2,1H3;5H,2-4H2,1H3. The lowest BCUT2D eigenvalue weighted by Crippen LogP contribution is -1.80. The van der Waals surface area contributed by atoms with Crippen molar-refractivity contribution in [3.63, 3.8) is 0 Å². The molecule has 0 atom stereocenters. The lowest BCUT2D eigenvalue weighted by Gasteiger charge is -1.90. The van der Waals surface area contributed by atoms with Crippen LogP contribution < -0.4 is 0 Å². The maximum atomic E-state index is 8.29. The zero-order valence-corrected chi connectivity index (χ0v) is 12.8. The van der Waals surface area contributed by atoms with Crippen molar-refractivity contribution in [2.75, 3.05) is 19.8 Å². The van der Waals surface area contributed by atoms with Crippen LogP contribution in [0.15, 0.2) is 0 Å². The van der Waals surface area contributed by atoms with Gasteiger partial charge < -0.3 is 15.3 Å². The van der Waals surface area contributed by atoms with Crippen molar-refractivity contribution < 1.29 is 15.3 Å². The Balaban J connectivity index is -0.000000190. The molecule has 0 aromatic heterocycles. The van der Waals surface area contributed by atoms with Crippen molar-refractivity contribution in [3.8, 4) is 0 Å². The molecule has 0 aliphatic rings. The summed E-state index contributed by atoms with van der Waals surface area (Å²) in [6.45, 7) is 7.40. The van der Waals surface area contributed by atoms with Crippen molar-refractivity contribution in [2.45, 2.75) is 78.6 Å². The van der Waals surface area contributed by atoms with Crippen LogP contribution in [0.4, 0.5) is 0 Å². The van der Waals surface area contributed by atoms with Gasteiger partial charge in [0, 0.05) is 19.8 Å². The van der Waals surface area contributed by atoms with E-state index < -0.39 is 0 Å². The molecule has 114 valence electrons. The Bertz CT molecular complexity index is 87.7. The smallest absolute Gasteiger partial charge is 0.0431 e. The average Bonchev–Trinajstić information content (AvgIpc) is 2.39. The molecule has 0 saturated carbocycles. The van der Waals surface area contributed by atoms with Crippen LogP contribution in [0, 0.1) is 0 Å². The molecule has 3 heteroatoms. The van der Waals surface area contributed by atoms with Crippen molar-refractivity contribution in [2.24, 2.45) is 0 Å². The summed E-state index contributed by atoms with van der Waals surface area (Å²) in [6.07, 6.45) is 10.0. The normalized spacial score (nSPS) is 9.00. The minimum absolute atomic E-state index is 0.344. The molecule has 0 fully saturated rings. The minimum Gasteiger partial charge on any atom is -0.396 e. The molecule has 3 nitrogen and oxygen atoms in total. The first-order chi connectivity index (χ1) is 8.74. The first-order valence-corrected chi connectivity index (χ1v) is 7.57. The summed E-state index contributed by atoms with van der Waals surface area (Å²) in [6, 6.07) is 0. The van der Waals surface area contributed by atoms with Gasteiger partial charge in [-0.1, -0.05) is 59.3 Å². The van der Waals surface area contributed by atoms with Crippen LogP contribution in [0.3, 0.4) is 0 Å². The molecule has 0 unspecified atom stereocenters. The zero-order chi connectivity index (χ0) is 14.5. The van der Waals surface area contributed by atoms with Gasteiger partial charge in [-0.15, -0.1) is 0 Å². The van der Waals surface area contributed by atoms with Crippen LogP contribution in [-0.2, 0) is 0 Å². The number of rotatable bonds is 9. The maximum Gasteiger partial charge on any atom is 0.0431 e. The van der Waals surface area contributed by atoms with Crippen molar-refractivity contribution in [3.05, 3.63) is 0 Å². The van der Waals surface area contributed by atoms with Gasteiger partial charge in [0.2, 0.25) is 0 Å². The van der Waals surface area contributed by atoms with E-state index in [1.165, 1.54) is 25.7 Å². The number of hydrogen-bond acceptors (Lipinski definition) is 3. The Morgan fingerprint density at radius 2 is 0.778 bits per heavy atom. The largest absolute Gasteiger partial charge is 0.396 e. The number of unbranched alkanes of at least 4 members (excludes halogenated alkanes) is 6. The Kier molecular flexibility index (Phi) is 38.6. The van der Waals surface area contributed by atoms with E-state index in [1.54, 1.807) is 0 Å². The molecule has 0 saturated heterocycles. The summed E-state index contributed by atoms with van der Waals surface area (Å²) >= 11 is 0. The number of aliphatic hydroxyl groups is 3. The zero-order valence-electron chi connectivity index (χ0n) is 12.8. The van der Waals surface area contributed by atoms with E-state index >= 15 is 0 Å². The maximum absolute atomic E-state index is 8.29. The quantitative estimate of drug-likeness (QED) is 0.559. The van der Waals surface area contributed by atoms with Gasteiger partial charge in [-0.25, -0.2) is 0 Å². The van der Waals surface area contributed by atoms with Crippen LogP contribution in [0.5, 0.6) is 0 Å². The summed E-state index contributed by atoms with van der Waals surface area (Å²) in [7, 11) is 0. The van der Waals surface area contributed by atoms with E-state index in [1.807, 2.05) is 0 Å². The number of aliphatic hydroxyl groups excluding tert-OH is 3. The van der Waals surface area contributed by atoms with E-state index in [9.17, 15) is 0 Å². The van der Waals surface area contributed by atoms with Crippen LogP contribution in [0.25, 0.3) is 0 Å². The van der Waals surface area contributed by atoms with Crippen molar-refractivity contribution in [1.82, 2.24) is 0 Å². The SMILES string of the molecule is CCCCCCO.CCCCCO.CCCCO. The molecule has 0 bridgehead atoms. The Labute approximate surface area is 114 Å². The highest BCUT2D eigenvalue weighted by Gasteiger charge is 1.81. The lowest BCUT2D eigenvalue weighted by molar-refractivity contribution is 0.283. The molecule has 0 rings (SSSR count). The molecule has 0 heterocycles. The third-order valence-corrected chi connectivity index (χ3v) is 2.29. The molecule has 18 heavy (non-hydrogen) atoms. The monoisotopic (exact) mass is 264 g/mol. The molecule has 0 amide bonds. The fourth-order valence-corrected chi connectivity index (χ4v) is 1.06. The summed E-state index contributed by atoms with van der Waals surface area (Å²) in [5.41, 5.74) is 0. The van der Waals surface area contributed by atoms with Gasteiger partial charge in [0.05, 0.1) is 0 Å². The summed E-state index contributed by atoms with van der Waals surface area (Å²) in [4.78, 5) is 0. The fraction of sp³-hybridized carbons (Fsp3) is 1.00. The third-order valence-electron chi connectivity index (χ3n) is 2.29. The minimum atomic E-state index is 0.344. The van der Waals surface area contributed by atoms with E-state index in [4.69, 9.17) is 15.3 Å². The predicted octanol–water partition coefficient (Wildman–Crippen LogP) is 3.51. The molecule has 3 N–H and O–H groups in total. The van der Waals surface area contributed by atoms with Crippen LogP contribution in [-0.4, -0.2) is 35.1 Å². The summed E-state index contributed by atoms with van der Waals surface area (Å²) in [5.74, 6) is 0. The third kappa shape index (κ3) is 44.6. The van der Waals surface area contributed by atoms with E-state index in [2.05, 4.69) is 20.8 Å². The van der Waals surface area contributed by atoms with E-state index in [0.717, 1.165) is 32.1 Å². The Morgan fingerprint density at radius 3 is 1.00 bits per heavy atom. The second-order valence-electron chi connectivity index (χ2n) is 4.29. The Hall–Kier alpha value is -0.120. The number of hydrogen-bond donors (Lipinski definition) is 3. The molecule has 0 aromatic rings. The molecule has 0 spiro atoms.